The Kier molecular flexibility index (Phi) is 6.04. The lowest BCUT2D eigenvalue weighted by Gasteiger charge is -2.09. The van der Waals surface area contributed by atoms with Gasteiger partial charge in [0.25, 0.3) is 0 Å². The molecular formula is C15H18N6O4. The molecule has 1 aromatic carbocycles. The number of ether oxygens (including phenoxy) is 2. The maximum atomic E-state index is 11.6. The zero-order chi connectivity index (χ0) is 18.2. The summed E-state index contributed by atoms with van der Waals surface area (Å²) in [5.74, 6) is 0.403. The summed E-state index contributed by atoms with van der Waals surface area (Å²) >= 11 is 0. The number of nitrogen functional groups attached to an aromatic ring is 1. The van der Waals surface area contributed by atoms with Gasteiger partial charge in [0.2, 0.25) is 0 Å². The summed E-state index contributed by atoms with van der Waals surface area (Å²) in [5, 5.41) is 14.5. The summed E-state index contributed by atoms with van der Waals surface area (Å²) in [5.41, 5.74) is 12.0. The van der Waals surface area contributed by atoms with Crippen molar-refractivity contribution >= 4 is 23.8 Å². The lowest BCUT2D eigenvalue weighted by molar-refractivity contribution is -0.134. The van der Waals surface area contributed by atoms with Crippen molar-refractivity contribution in [3.63, 3.8) is 0 Å². The van der Waals surface area contributed by atoms with E-state index in [-0.39, 0.29) is 23.3 Å². The van der Waals surface area contributed by atoms with Crippen LogP contribution in [0.15, 0.2) is 33.0 Å². The van der Waals surface area contributed by atoms with Gasteiger partial charge in [0, 0.05) is 6.42 Å². The largest absolute Gasteiger partial charge is 0.493 e. The monoisotopic (exact) mass is 346 g/mol. The number of hydrogen-bond donors (Lipinski definition) is 2. The van der Waals surface area contributed by atoms with Gasteiger partial charge in [-0.3, -0.25) is 4.79 Å². The highest BCUT2D eigenvalue weighted by Gasteiger charge is 2.11. The molecule has 4 N–H and O–H groups in total. The third-order valence-corrected chi connectivity index (χ3v) is 2.99. The maximum absolute atomic E-state index is 11.6. The number of nitrogens with two attached hydrogens (primary N) is 2. The minimum absolute atomic E-state index is 0.0244. The first-order chi connectivity index (χ1) is 12.0. The Hall–Kier alpha value is -3.43. The third-order valence-electron chi connectivity index (χ3n) is 2.99. The lowest BCUT2D eigenvalue weighted by Crippen LogP contribution is -2.15. The SMILES string of the molecule is CCCC(=O)Oc1ccc(C=N/N=C(\N)c2nonc2N)cc1OC. The van der Waals surface area contributed by atoms with Crippen LogP contribution in [0.3, 0.4) is 0 Å². The predicted molar refractivity (Wildman–Crippen MR) is 90.6 cm³/mol. The standard InChI is InChI=1S/C15H18N6O4/c1-3-4-12(22)24-10-6-5-9(7-11(10)23-2)8-18-19-14(16)13-15(17)21-25-20-13/h5-8H,3-4H2,1-2H3,(H2,16,19)(H2,17,21). The topological polar surface area (TPSA) is 151 Å². The Morgan fingerprint density at radius 3 is 2.80 bits per heavy atom. The fourth-order valence-electron chi connectivity index (χ4n) is 1.80. The molecule has 0 radical (unpaired) electrons. The Labute approximate surface area is 143 Å². The van der Waals surface area contributed by atoms with Gasteiger partial charge in [-0.25, -0.2) is 4.63 Å². The molecule has 0 saturated heterocycles. The van der Waals surface area contributed by atoms with Crippen LogP contribution in [0.2, 0.25) is 0 Å². The molecule has 0 bridgehead atoms. The zero-order valence-electron chi connectivity index (χ0n) is 13.8. The van der Waals surface area contributed by atoms with Gasteiger partial charge in [0.1, 0.15) is 0 Å². The van der Waals surface area contributed by atoms with Gasteiger partial charge in [-0.05, 0) is 40.5 Å². The Bertz CT molecular complexity index is 799. The summed E-state index contributed by atoms with van der Waals surface area (Å²) in [6, 6.07) is 4.95. The minimum atomic E-state index is -0.321. The van der Waals surface area contributed by atoms with Crippen molar-refractivity contribution in [2.45, 2.75) is 19.8 Å². The van der Waals surface area contributed by atoms with Crippen LogP contribution in [-0.4, -0.2) is 35.4 Å². The van der Waals surface area contributed by atoms with Crippen LogP contribution in [0.4, 0.5) is 5.82 Å². The molecule has 1 heterocycles. The number of methoxy groups -OCH3 is 1. The molecule has 1 aromatic heterocycles. The number of carbonyl (C=O) groups is 1. The number of anilines is 1. The van der Waals surface area contributed by atoms with Gasteiger partial charge in [-0.2, -0.15) is 5.10 Å². The van der Waals surface area contributed by atoms with Crippen LogP contribution in [0.1, 0.15) is 31.0 Å². The Balaban J connectivity index is 2.12. The first-order valence-corrected chi connectivity index (χ1v) is 7.38. The van der Waals surface area contributed by atoms with Crippen LogP contribution < -0.4 is 20.9 Å². The number of nitrogens with zero attached hydrogens (tertiary/aromatic N) is 4. The van der Waals surface area contributed by atoms with Crippen LogP contribution in [0.25, 0.3) is 0 Å². The summed E-state index contributed by atoms with van der Waals surface area (Å²) in [6.45, 7) is 1.90. The maximum Gasteiger partial charge on any atom is 0.311 e. The number of hydrogen-bond acceptors (Lipinski definition) is 9. The molecule has 0 aliphatic rings. The molecule has 2 aromatic rings. The second-order valence-electron chi connectivity index (χ2n) is 4.86. The lowest BCUT2D eigenvalue weighted by atomic mass is 10.2. The van der Waals surface area contributed by atoms with E-state index in [2.05, 4.69) is 25.1 Å². The van der Waals surface area contributed by atoms with Crippen LogP contribution in [0, 0.1) is 0 Å². The predicted octanol–water partition coefficient (Wildman–Crippen LogP) is 1.11. The van der Waals surface area contributed by atoms with Crippen molar-refractivity contribution in [1.29, 1.82) is 0 Å². The van der Waals surface area contributed by atoms with Gasteiger partial charge in [0.15, 0.2) is 28.8 Å². The smallest absolute Gasteiger partial charge is 0.311 e. The molecule has 0 unspecified atom stereocenters. The fourth-order valence-corrected chi connectivity index (χ4v) is 1.80. The van der Waals surface area contributed by atoms with E-state index in [4.69, 9.17) is 20.9 Å². The highest BCUT2D eigenvalue weighted by molar-refractivity contribution is 5.99. The van der Waals surface area contributed by atoms with Crippen LogP contribution in [0.5, 0.6) is 11.5 Å². The number of carbonyl (C=O) groups excluding carboxylic acids is 1. The van der Waals surface area contributed by atoms with Crippen LogP contribution in [-0.2, 0) is 4.79 Å². The quantitative estimate of drug-likeness (QED) is 0.249. The molecule has 10 nitrogen and oxygen atoms in total. The van der Waals surface area contributed by atoms with E-state index < -0.39 is 0 Å². The average Bonchev–Trinajstić information content (AvgIpc) is 3.02. The Morgan fingerprint density at radius 1 is 1.36 bits per heavy atom. The van der Waals surface area contributed by atoms with Gasteiger partial charge in [-0.1, -0.05) is 6.92 Å². The van der Waals surface area contributed by atoms with Gasteiger partial charge < -0.3 is 20.9 Å². The number of aromatic nitrogens is 2. The number of amidine groups is 1. The summed E-state index contributed by atoms with van der Waals surface area (Å²) in [6.07, 6.45) is 2.48. The van der Waals surface area contributed by atoms with Gasteiger partial charge in [0.05, 0.1) is 13.3 Å². The van der Waals surface area contributed by atoms with E-state index in [1.54, 1.807) is 18.2 Å². The normalized spacial score (nSPS) is 11.7. The average molecular weight is 346 g/mol. The Morgan fingerprint density at radius 2 is 2.16 bits per heavy atom. The van der Waals surface area contributed by atoms with E-state index in [9.17, 15) is 4.79 Å². The van der Waals surface area contributed by atoms with Crippen LogP contribution >= 0.6 is 0 Å². The zero-order valence-corrected chi connectivity index (χ0v) is 13.8. The van der Waals surface area contributed by atoms with Crippen molar-refractivity contribution in [3.8, 4) is 11.5 Å². The molecule has 0 atom stereocenters. The summed E-state index contributed by atoms with van der Waals surface area (Å²) < 4.78 is 14.9. The molecule has 0 aliphatic carbocycles. The molecule has 0 saturated carbocycles. The van der Waals surface area contributed by atoms with E-state index in [0.717, 1.165) is 0 Å². The highest BCUT2D eigenvalue weighted by atomic mass is 16.6. The van der Waals surface area contributed by atoms with E-state index >= 15 is 0 Å². The summed E-state index contributed by atoms with van der Waals surface area (Å²) in [7, 11) is 1.48. The first kappa shape index (κ1) is 17.9. The minimum Gasteiger partial charge on any atom is -0.493 e. The molecule has 2 rings (SSSR count). The molecule has 0 spiro atoms. The molecular weight excluding hydrogens is 328 g/mol. The van der Waals surface area contributed by atoms with Crippen molar-refractivity contribution in [1.82, 2.24) is 10.3 Å². The first-order valence-electron chi connectivity index (χ1n) is 7.38. The van der Waals surface area contributed by atoms with E-state index in [1.807, 2.05) is 6.92 Å². The molecule has 0 amide bonds. The molecule has 25 heavy (non-hydrogen) atoms. The number of rotatable bonds is 7. The van der Waals surface area contributed by atoms with Crippen molar-refractivity contribution in [3.05, 3.63) is 29.5 Å². The number of esters is 1. The molecule has 0 aliphatic heterocycles. The third kappa shape index (κ3) is 4.77. The fraction of sp³-hybridized carbons (Fsp3) is 0.267. The highest BCUT2D eigenvalue weighted by Crippen LogP contribution is 2.28. The van der Waals surface area contributed by atoms with Crippen molar-refractivity contribution in [2.75, 3.05) is 12.8 Å². The second-order valence-corrected chi connectivity index (χ2v) is 4.86. The van der Waals surface area contributed by atoms with Crippen molar-refractivity contribution in [2.24, 2.45) is 15.9 Å². The second kappa shape index (κ2) is 8.43. The van der Waals surface area contributed by atoms with Gasteiger partial charge in [-0.15, -0.1) is 5.10 Å². The van der Waals surface area contributed by atoms with E-state index in [1.165, 1.54) is 13.3 Å². The number of benzene rings is 1. The van der Waals surface area contributed by atoms with E-state index in [0.29, 0.717) is 29.9 Å². The van der Waals surface area contributed by atoms with Crippen molar-refractivity contribution < 1.29 is 18.9 Å². The molecule has 132 valence electrons. The molecule has 10 heteroatoms. The van der Waals surface area contributed by atoms with Gasteiger partial charge >= 0.3 is 5.97 Å². The summed E-state index contributed by atoms with van der Waals surface area (Å²) in [4.78, 5) is 11.6. The molecule has 0 fully saturated rings.